The summed E-state index contributed by atoms with van der Waals surface area (Å²) in [6.07, 6.45) is -2.04. The second-order valence-corrected chi connectivity index (χ2v) is 16.7. The van der Waals surface area contributed by atoms with E-state index in [1.54, 1.807) is 13.8 Å². The van der Waals surface area contributed by atoms with Crippen LogP contribution in [0.4, 0.5) is 4.79 Å². The van der Waals surface area contributed by atoms with Crippen LogP contribution in [-0.2, 0) is 29.0 Å². The third kappa shape index (κ3) is 8.79. The third-order valence-corrected chi connectivity index (χ3v) is 12.2. The van der Waals surface area contributed by atoms with E-state index in [-0.39, 0.29) is 25.3 Å². The number of rotatable bonds is 13. The zero-order valence-electron chi connectivity index (χ0n) is 48.0. The Bertz CT molecular complexity index is 2030. The van der Waals surface area contributed by atoms with Gasteiger partial charge in [0.15, 0.2) is 9.84 Å². The van der Waals surface area contributed by atoms with Gasteiger partial charge in [-0.05, 0) is 75.3 Å². The molecule has 4 aliphatic rings. The molecule has 4 rings (SSSR count). The smallest absolute Gasteiger partial charge is 0.315 e. The van der Waals surface area contributed by atoms with E-state index in [0.29, 0.717) is 24.2 Å². The minimum absolute atomic E-state index is 0.0297. The Balaban J connectivity index is 1.88. The molecule has 4 fully saturated rings. The number of hydrogen-bond donors (Lipinski definition) is 4. The van der Waals surface area contributed by atoms with Crippen LogP contribution in [0, 0.1) is 22.7 Å². The first-order chi connectivity index (χ1) is 30.7. The van der Waals surface area contributed by atoms with Crippen molar-refractivity contribution in [3.63, 3.8) is 0 Å². The number of carbonyl (C=O) groups excluding carboxylic acids is 5. The van der Waals surface area contributed by atoms with Crippen LogP contribution >= 0.6 is 0 Å². The minimum Gasteiger partial charge on any atom is -0.347 e. The highest BCUT2D eigenvalue weighted by Gasteiger charge is 2.70. The van der Waals surface area contributed by atoms with Crippen molar-refractivity contribution >= 4 is 39.4 Å². The molecule has 0 unspecified atom stereocenters. The molecule has 0 radical (unpaired) electrons. The quantitative estimate of drug-likeness (QED) is 0.210. The largest absolute Gasteiger partial charge is 0.347 e. The predicted octanol–water partition coefficient (Wildman–Crippen LogP) is 3.62. The van der Waals surface area contributed by atoms with Gasteiger partial charge >= 0.3 is 6.03 Å². The van der Waals surface area contributed by atoms with Crippen molar-refractivity contribution in [2.75, 3.05) is 12.3 Å². The molecule has 278 valence electrons. The van der Waals surface area contributed by atoms with Crippen molar-refractivity contribution < 1.29 is 59.8 Å². The van der Waals surface area contributed by atoms with Gasteiger partial charge in [0, 0.05) is 40.0 Å². The van der Waals surface area contributed by atoms with Gasteiger partial charge in [0.25, 0.3) is 5.91 Å². The Morgan fingerprint density at radius 1 is 0.980 bits per heavy atom. The van der Waals surface area contributed by atoms with E-state index < -0.39 is 169 Å². The zero-order chi connectivity index (χ0) is 53.5. The number of urea groups is 1. The van der Waals surface area contributed by atoms with E-state index in [1.165, 1.54) is 6.92 Å². The highest BCUT2D eigenvalue weighted by molar-refractivity contribution is 7.92. The summed E-state index contributed by atoms with van der Waals surface area (Å²) < 4.78 is 188. The molecule has 5 atom stereocenters. The topological polar surface area (TPSA) is 171 Å². The molecule has 49 heavy (non-hydrogen) atoms. The number of nitrogens with one attached hydrogen (secondary N) is 4. The van der Waals surface area contributed by atoms with Gasteiger partial charge in [-0.2, -0.15) is 0 Å². The number of ketones is 1. The van der Waals surface area contributed by atoms with Crippen molar-refractivity contribution in [3.8, 4) is 0 Å². The maximum absolute atomic E-state index is 15.2. The number of fused-ring (bicyclic) bond motifs is 1. The summed E-state index contributed by atoms with van der Waals surface area (Å²) in [5.41, 5.74) is -7.35. The lowest BCUT2D eigenvalue weighted by molar-refractivity contribution is -0.145. The maximum Gasteiger partial charge on any atom is 0.315 e. The standard InChI is InChI=1S/C36H61N5O7S/c1-10-11-15-24(27(42)30(44)37-22-16-17-22)38-29(43)26-25-23(35(25,8)9)20-41(26)31(45)28(33(2,3)4)39-32(46)40-36(18-13-12-14-19-36)21-49(47,48)34(5,6)7/h22-26,28H,10-21H2,1-9H3,(H,37,44)(H,38,43)(H2,39,40,46)/t23-,24-,25-,26-,28+/m0/s1/i2D3,3D3,4D3,5D3,6D3,7D3,10D2. The van der Waals surface area contributed by atoms with Gasteiger partial charge in [-0.1, -0.05) is 73.4 Å². The van der Waals surface area contributed by atoms with Gasteiger partial charge < -0.3 is 26.2 Å². The van der Waals surface area contributed by atoms with Crippen LogP contribution in [-0.4, -0.2) is 89.6 Å². The Kier molecular flexibility index (Phi) is 5.71. The zero-order valence-corrected chi connectivity index (χ0v) is 28.8. The number of sulfone groups is 1. The number of hydrogen-bond acceptors (Lipinski definition) is 7. The van der Waals surface area contributed by atoms with E-state index in [4.69, 9.17) is 27.4 Å². The average molecular weight is 728 g/mol. The first-order valence-electron chi connectivity index (χ1n) is 26.5. The third-order valence-electron chi connectivity index (χ3n) is 10.3. The van der Waals surface area contributed by atoms with Crippen molar-refractivity contribution in [1.82, 2.24) is 26.2 Å². The summed E-state index contributed by atoms with van der Waals surface area (Å²) in [4.78, 5) is 71.2. The van der Waals surface area contributed by atoms with Crippen LogP contribution in [0.1, 0.15) is 153 Å². The minimum atomic E-state index is -5.97. The van der Waals surface area contributed by atoms with E-state index in [1.807, 2.05) is 5.32 Å². The second kappa shape index (κ2) is 14.1. The van der Waals surface area contributed by atoms with Gasteiger partial charge in [-0.15, -0.1) is 0 Å². The lowest BCUT2D eigenvalue weighted by atomic mass is 9.83. The molecular formula is C36H61N5O7S. The SMILES string of the molecule is [2H]C([2H])(C)CC[C@H](NC(=O)[C@@H]1[C@@H]2[C@H](CN1C(=O)[C@@H](NC(=O)NC1(CS(=O)(=O)C(C([2H])([2H])[2H])(C([2H])([2H])[2H])C([2H])([2H])[2H])CCCCC1)C(C([2H])([2H])[2H])(C([2H])([2H])[2H])C([2H])([2H])[2H])C2(C)C)C(=O)C(=O)NC1CC1. The Hall–Kier alpha value is -2.70. The van der Waals surface area contributed by atoms with Crippen molar-refractivity contribution in [1.29, 1.82) is 0 Å². The van der Waals surface area contributed by atoms with Crippen LogP contribution < -0.4 is 21.3 Å². The van der Waals surface area contributed by atoms with Crippen molar-refractivity contribution in [2.45, 2.75) is 160 Å². The molecule has 0 spiro atoms. The number of amides is 5. The molecule has 1 aliphatic heterocycles. The second-order valence-electron chi connectivity index (χ2n) is 14.6. The van der Waals surface area contributed by atoms with E-state index >= 15 is 4.79 Å². The van der Waals surface area contributed by atoms with E-state index in [2.05, 4.69) is 16.0 Å². The number of Topliss-reactive ketones (excluding diaryl/α,β-unsaturated/α-hetero) is 1. The molecule has 1 heterocycles. The monoisotopic (exact) mass is 728 g/mol. The first-order valence-corrected chi connectivity index (χ1v) is 18.1. The fourth-order valence-electron chi connectivity index (χ4n) is 7.21. The lowest BCUT2D eigenvalue weighted by Gasteiger charge is -2.41. The molecule has 1 saturated heterocycles. The summed E-state index contributed by atoms with van der Waals surface area (Å²) in [6.45, 7) is -21.4. The number of carbonyl (C=O) groups is 5. The van der Waals surface area contributed by atoms with Crippen molar-refractivity contribution in [3.05, 3.63) is 0 Å². The number of likely N-dealkylation sites (tertiary alicyclic amines) is 1. The summed E-state index contributed by atoms with van der Waals surface area (Å²) in [5, 5.41) is 8.93. The normalized spacial score (nSPS) is 33.6. The van der Waals surface area contributed by atoms with Gasteiger partial charge in [0.1, 0.15) is 12.1 Å². The molecule has 12 nitrogen and oxygen atoms in total. The van der Waals surface area contributed by atoms with Gasteiger partial charge in [-0.3, -0.25) is 19.2 Å². The van der Waals surface area contributed by atoms with Gasteiger partial charge in [0.2, 0.25) is 17.6 Å². The fraction of sp³-hybridized carbons (Fsp3) is 0.861. The van der Waals surface area contributed by atoms with Gasteiger partial charge in [-0.25, -0.2) is 13.2 Å². The molecule has 3 saturated carbocycles. The molecule has 3 aliphatic carbocycles. The summed E-state index contributed by atoms with van der Waals surface area (Å²) in [7, 11) is -5.97. The molecule has 0 aromatic carbocycles. The van der Waals surface area contributed by atoms with E-state index in [0.717, 1.165) is 0 Å². The van der Waals surface area contributed by atoms with Crippen LogP contribution in [0.5, 0.6) is 0 Å². The fourth-order valence-corrected chi connectivity index (χ4v) is 8.51. The van der Waals surface area contributed by atoms with Crippen LogP contribution in [0.2, 0.25) is 0 Å². The molecule has 4 N–H and O–H groups in total. The number of nitrogens with zero attached hydrogens (tertiary/aromatic N) is 1. The lowest BCUT2D eigenvalue weighted by Crippen LogP contribution is -2.64. The van der Waals surface area contributed by atoms with Crippen LogP contribution in [0.3, 0.4) is 0 Å². The highest BCUT2D eigenvalue weighted by Crippen LogP contribution is 2.65. The molecular weight excluding hydrogens is 646 g/mol. The summed E-state index contributed by atoms with van der Waals surface area (Å²) >= 11 is 0. The van der Waals surface area contributed by atoms with E-state index in [9.17, 15) is 27.6 Å². The molecule has 0 aromatic rings. The first kappa shape index (κ1) is 19.8. The molecule has 5 amide bonds. The maximum atomic E-state index is 15.2. The Morgan fingerprint density at radius 3 is 2.20 bits per heavy atom. The number of piperidine rings is 1. The Morgan fingerprint density at radius 2 is 1.63 bits per heavy atom. The molecule has 0 bridgehead atoms. The van der Waals surface area contributed by atoms with Gasteiger partial charge in [0.05, 0.1) is 22.1 Å². The Labute approximate surface area is 321 Å². The van der Waals surface area contributed by atoms with Crippen LogP contribution in [0.15, 0.2) is 0 Å². The highest BCUT2D eigenvalue weighted by atomic mass is 32.2. The summed E-state index contributed by atoms with van der Waals surface area (Å²) in [5.74, 6) is -8.34. The molecule has 0 aromatic heterocycles. The average Bonchev–Trinajstić information content (AvgIpc) is 3.95. The predicted molar refractivity (Wildman–Crippen MR) is 188 cm³/mol. The van der Waals surface area contributed by atoms with Crippen molar-refractivity contribution in [2.24, 2.45) is 22.7 Å². The molecule has 13 heteroatoms. The van der Waals surface area contributed by atoms with Crippen LogP contribution in [0.25, 0.3) is 0 Å². The summed E-state index contributed by atoms with van der Waals surface area (Å²) in [6, 6.07) is -8.79.